The summed E-state index contributed by atoms with van der Waals surface area (Å²) >= 11 is 11.9. The van der Waals surface area contributed by atoms with Crippen molar-refractivity contribution in [3.63, 3.8) is 0 Å². The molecule has 0 N–H and O–H groups in total. The fourth-order valence-corrected chi connectivity index (χ4v) is 2.94. The van der Waals surface area contributed by atoms with E-state index in [-0.39, 0.29) is 0 Å². The van der Waals surface area contributed by atoms with Crippen molar-refractivity contribution in [2.75, 3.05) is 4.90 Å². The van der Waals surface area contributed by atoms with Gasteiger partial charge in [-0.1, -0.05) is 23.2 Å². The van der Waals surface area contributed by atoms with Crippen LogP contribution in [0.4, 0.5) is 30.2 Å². The first-order valence-corrected chi connectivity index (χ1v) is 8.50. The highest BCUT2D eigenvalue weighted by Gasteiger charge is 2.31. The molecular weight excluding hydrogens is 382 g/mol. The Balaban J connectivity index is 2.19. The zero-order valence-corrected chi connectivity index (χ0v) is 15.2. The minimum atomic E-state index is -4.42. The second-order valence-electron chi connectivity index (χ2n) is 5.84. The molecule has 0 unspecified atom stereocenters. The number of rotatable bonds is 3. The molecule has 0 aliphatic carbocycles. The summed E-state index contributed by atoms with van der Waals surface area (Å²) in [6.45, 7) is 1.64. The third-order valence-electron chi connectivity index (χ3n) is 3.82. The summed E-state index contributed by atoms with van der Waals surface area (Å²) in [5.74, 6) is 0. The van der Waals surface area contributed by atoms with Crippen molar-refractivity contribution in [3.8, 4) is 0 Å². The number of aryl methyl sites for hydroxylation is 1. The van der Waals surface area contributed by atoms with Gasteiger partial charge in [0.15, 0.2) is 0 Å². The van der Waals surface area contributed by atoms with E-state index in [0.29, 0.717) is 32.7 Å². The van der Waals surface area contributed by atoms with Gasteiger partial charge >= 0.3 is 6.18 Å². The van der Waals surface area contributed by atoms with E-state index in [1.807, 2.05) is 0 Å². The first-order valence-electron chi connectivity index (χ1n) is 7.74. The minimum absolute atomic E-state index is 0.405. The number of nitrogens with zero attached hydrogens (tertiary/aromatic N) is 1. The molecule has 134 valence electrons. The van der Waals surface area contributed by atoms with Gasteiger partial charge in [0.1, 0.15) is 0 Å². The number of anilines is 3. The first kappa shape index (κ1) is 18.6. The van der Waals surface area contributed by atoms with Crippen LogP contribution < -0.4 is 4.90 Å². The highest BCUT2D eigenvalue weighted by atomic mass is 35.5. The summed E-state index contributed by atoms with van der Waals surface area (Å²) in [5, 5.41) is 1.09. The summed E-state index contributed by atoms with van der Waals surface area (Å²) in [4.78, 5) is 1.73. The second-order valence-corrected chi connectivity index (χ2v) is 6.72. The molecule has 26 heavy (non-hydrogen) atoms. The number of alkyl halides is 3. The fraction of sp³-hybridized carbons (Fsp3) is 0.100. The van der Waals surface area contributed by atoms with Gasteiger partial charge in [0.2, 0.25) is 0 Å². The maximum Gasteiger partial charge on any atom is 0.416 e. The predicted octanol–water partition coefficient (Wildman–Crippen LogP) is 7.79. The summed E-state index contributed by atoms with van der Waals surface area (Å²) in [6.07, 6.45) is -4.42. The largest absolute Gasteiger partial charge is 0.416 e. The van der Waals surface area contributed by atoms with Crippen molar-refractivity contribution in [2.45, 2.75) is 13.1 Å². The van der Waals surface area contributed by atoms with Crippen molar-refractivity contribution in [2.24, 2.45) is 0 Å². The second kappa shape index (κ2) is 7.22. The van der Waals surface area contributed by atoms with E-state index in [2.05, 4.69) is 0 Å². The van der Waals surface area contributed by atoms with Crippen LogP contribution in [0.3, 0.4) is 0 Å². The molecule has 3 aromatic rings. The number of benzene rings is 3. The molecule has 0 fully saturated rings. The van der Waals surface area contributed by atoms with Crippen LogP contribution in [0.15, 0.2) is 66.7 Å². The molecular formula is C20H14Cl2F3N. The molecule has 0 aliphatic heterocycles. The van der Waals surface area contributed by atoms with Crippen molar-refractivity contribution in [3.05, 3.63) is 87.9 Å². The van der Waals surface area contributed by atoms with E-state index < -0.39 is 11.7 Å². The molecule has 0 saturated carbocycles. The molecule has 0 radical (unpaired) electrons. The summed E-state index contributed by atoms with van der Waals surface area (Å²) < 4.78 is 39.8. The van der Waals surface area contributed by atoms with Crippen LogP contribution in [0, 0.1) is 6.92 Å². The lowest BCUT2D eigenvalue weighted by atomic mass is 10.1. The van der Waals surface area contributed by atoms with Crippen LogP contribution in [-0.4, -0.2) is 0 Å². The number of hydrogen-bond acceptors (Lipinski definition) is 1. The summed E-state index contributed by atoms with van der Waals surface area (Å²) in [5.41, 5.74) is 1.61. The Labute approximate surface area is 159 Å². The lowest BCUT2D eigenvalue weighted by molar-refractivity contribution is -0.137. The van der Waals surface area contributed by atoms with Gasteiger partial charge in [0, 0.05) is 27.1 Å². The van der Waals surface area contributed by atoms with Crippen LogP contribution >= 0.6 is 23.2 Å². The van der Waals surface area contributed by atoms with E-state index in [4.69, 9.17) is 23.2 Å². The molecule has 1 nitrogen and oxygen atoms in total. The molecule has 6 heteroatoms. The van der Waals surface area contributed by atoms with Crippen LogP contribution in [-0.2, 0) is 6.18 Å². The lowest BCUT2D eigenvalue weighted by Gasteiger charge is -2.26. The Morgan fingerprint density at radius 3 is 1.58 bits per heavy atom. The molecule has 0 saturated heterocycles. The van der Waals surface area contributed by atoms with E-state index in [1.54, 1.807) is 66.4 Å². The van der Waals surface area contributed by atoms with E-state index in [0.717, 1.165) is 12.1 Å². The highest BCUT2D eigenvalue weighted by Crippen LogP contribution is 2.39. The van der Waals surface area contributed by atoms with Gasteiger partial charge in [-0.3, -0.25) is 0 Å². The van der Waals surface area contributed by atoms with Crippen LogP contribution in [0.1, 0.15) is 11.1 Å². The third-order valence-corrected chi connectivity index (χ3v) is 4.32. The van der Waals surface area contributed by atoms with Gasteiger partial charge < -0.3 is 4.90 Å². The highest BCUT2D eigenvalue weighted by molar-refractivity contribution is 6.31. The quantitative estimate of drug-likeness (QED) is 0.437. The molecule has 3 aromatic carbocycles. The molecule has 0 spiro atoms. The Hall–Kier alpha value is -2.17. The van der Waals surface area contributed by atoms with E-state index in [9.17, 15) is 13.2 Å². The smallest absolute Gasteiger partial charge is 0.310 e. The Morgan fingerprint density at radius 1 is 0.692 bits per heavy atom. The minimum Gasteiger partial charge on any atom is -0.310 e. The lowest BCUT2D eigenvalue weighted by Crippen LogP contribution is -2.12. The zero-order chi connectivity index (χ0) is 18.9. The molecule has 0 heterocycles. The predicted molar refractivity (Wildman–Crippen MR) is 101 cm³/mol. The molecule has 0 aliphatic rings. The van der Waals surface area contributed by atoms with Crippen LogP contribution in [0.5, 0.6) is 0 Å². The maximum atomic E-state index is 13.3. The standard InChI is InChI=1S/C20H14Cl2F3N/c1-13-10-14(20(23,24)25)12-19(11-13)26(17-6-2-15(21)3-7-17)18-8-4-16(22)5-9-18/h2-12H,1H3. The van der Waals surface area contributed by atoms with Crippen molar-refractivity contribution < 1.29 is 13.2 Å². The molecule has 0 aromatic heterocycles. The SMILES string of the molecule is Cc1cc(N(c2ccc(Cl)cc2)c2ccc(Cl)cc2)cc(C(F)(F)F)c1. The van der Waals surface area contributed by atoms with Gasteiger partial charge in [0.05, 0.1) is 5.56 Å². The van der Waals surface area contributed by atoms with Crippen LogP contribution in [0.25, 0.3) is 0 Å². The maximum absolute atomic E-state index is 13.3. The van der Waals surface area contributed by atoms with Crippen molar-refractivity contribution in [1.82, 2.24) is 0 Å². The monoisotopic (exact) mass is 395 g/mol. The normalized spacial score (nSPS) is 11.5. The van der Waals surface area contributed by atoms with Crippen LogP contribution in [0.2, 0.25) is 10.0 Å². The van der Waals surface area contributed by atoms with Gasteiger partial charge in [-0.2, -0.15) is 13.2 Å². The first-order chi connectivity index (χ1) is 12.2. The Morgan fingerprint density at radius 2 is 1.15 bits per heavy atom. The van der Waals surface area contributed by atoms with E-state index in [1.165, 1.54) is 0 Å². The van der Waals surface area contributed by atoms with Gasteiger partial charge in [-0.05, 0) is 79.2 Å². The number of halogens is 5. The third kappa shape index (κ3) is 4.14. The van der Waals surface area contributed by atoms with E-state index >= 15 is 0 Å². The molecule has 0 bridgehead atoms. The summed E-state index contributed by atoms with van der Waals surface area (Å²) in [7, 11) is 0. The van der Waals surface area contributed by atoms with Gasteiger partial charge in [-0.15, -0.1) is 0 Å². The molecule has 3 rings (SSSR count). The van der Waals surface area contributed by atoms with Gasteiger partial charge in [0.25, 0.3) is 0 Å². The number of hydrogen-bond donors (Lipinski definition) is 0. The average molecular weight is 396 g/mol. The van der Waals surface area contributed by atoms with Crippen molar-refractivity contribution >= 4 is 40.3 Å². The summed E-state index contributed by atoms with van der Waals surface area (Å²) in [6, 6.07) is 17.8. The average Bonchev–Trinajstić information content (AvgIpc) is 2.57. The zero-order valence-electron chi connectivity index (χ0n) is 13.7. The molecule has 0 atom stereocenters. The Bertz CT molecular complexity index is 858. The van der Waals surface area contributed by atoms with Gasteiger partial charge in [-0.25, -0.2) is 0 Å². The van der Waals surface area contributed by atoms with Crippen molar-refractivity contribution in [1.29, 1.82) is 0 Å². The topological polar surface area (TPSA) is 3.24 Å². The molecule has 0 amide bonds. The fourth-order valence-electron chi connectivity index (χ4n) is 2.68. The Kier molecular flexibility index (Phi) is 5.17.